The fourth-order valence-corrected chi connectivity index (χ4v) is 1.82. The molecule has 0 fully saturated rings. The van der Waals surface area contributed by atoms with Crippen molar-refractivity contribution in [1.29, 1.82) is 0 Å². The third-order valence-corrected chi connectivity index (χ3v) is 2.95. The molecule has 3 N–H and O–H groups in total. The molecule has 0 saturated heterocycles. The molecule has 0 spiro atoms. The van der Waals surface area contributed by atoms with Gasteiger partial charge in [-0.25, -0.2) is 4.98 Å². The second-order valence-electron chi connectivity index (χ2n) is 4.40. The Kier molecular flexibility index (Phi) is 5.22. The van der Waals surface area contributed by atoms with Gasteiger partial charge < -0.3 is 16.0 Å². The van der Waals surface area contributed by atoms with E-state index in [9.17, 15) is 0 Å². The number of hydrogen-bond acceptors (Lipinski definition) is 4. The molecule has 0 amide bonds. The van der Waals surface area contributed by atoms with Gasteiger partial charge in [0.2, 0.25) is 0 Å². The number of nitrogens with one attached hydrogen (secondary N) is 1. The maximum atomic E-state index is 5.74. The van der Waals surface area contributed by atoms with Crippen molar-refractivity contribution in [2.45, 2.75) is 33.7 Å². The van der Waals surface area contributed by atoms with Crippen molar-refractivity contribution in [3.63, 3.8) is 0 Å². The molecule has 1 aromatic rings. The van der Waals surface area contributed by atoms with Crippen LogP contribution >= 0.6 is 0 Å². The van der Waals surface area contributed by atoms with Crippen molar-refractivity contribution < 1.29 is 0 Å². The Morgan fingerprint density at radius 2 is 2.00 bits per heavy atom. The predicted octanol–water partition coefficient (Wildman–Crippen LogP) is 2.11. The van der Waals surface area contributed by atoms with Crippen LogP contribution in [0.15, 0.2) is 12.1 Å². The molecule has 0 saturated carbocycles. The Bertz CT molecular complexity index is 347. The summed E-state index contributed by atoms with van der Waals surface area (Å²) in [6, 6.07) is 4.21. The molecule has 4 heteroatoms. The Balaban J connectivity index is 2.55. The molecule has 1 unspecified atom stereocenters. The molecule has 0 radical (unpaired) electrons. The van der Waals surface area contributed by atoms with Gasteiger partial charge >= 0.3 is 0 Å². The summed E-state index contributed by atoms with van der Waals surface area (Å²) < 4.78 is 0. The van der Waals surface area contributed by atoms with Gasteiger partial charge in [0.15, 0.2) is 0 Å². The minimum atomic E-state index is 0.380. The van der Waals surface area contributed by atoms with Crippen LogP contribution in [0.5, 0.6) is 0 Å². The van der Waals surface area contributed by atoms with Gasteiger partial charge in [0, 0.05) is 12.6 Å². The van der Waals surface area contributed by atoms with Crippen molar-refractivity contribution in [2.75, 3.05) is 30.7 Å². The van der Waals surface area contributed by atoms with Crippen molar-refractivity contribution >= 4 is 11.5 Å². The van der Waals surface area contributed by atoms with Gasteiger partial charge in [-0.1, -0.05) is 13.8 Å². The number of anilines is 2. The maximum Gasteiger partial charge on any atom is 0.126 e. The van der Waals surface area contributed by atoms with E-state index < -0.39 is 0 Å². The summed E-state index contributed by atoms with van der Waals surface area (Å²) in [5.74, 6) is 0.899. The summed E-state index contributed by atoms with van der Waals surface area (Å²) in [7, 11) is 0. The van der Waals surface area contributed by atoms with Crippen LogP contribution < -0.4 is 11.1 Å². The first kappa shape index (κ1) is 13.8. The highest BCUT2D eigenvalue weighted by atomic mass is 15.1. The summed E-state index contributed by atoms with van der Waals surface area (Å²) in [6.07, 6.45) is 0. The maximum absolute atomic E-state index is 5.74. The predicted molar refractivity (Wildman–Crippen MR) is 74.3 cm³/mol. The van der Waals surface area contributed by atoms with E-state index >= 15 is 0 Å². The van der Waals surface area contributed by atoms with E-state index in [1.165, 1.54) is 0 Å². The lowest BCUT2D eigenvalue weighted by Gasteiger charge is -2.23. The zero-order valence-corrected chi connectivity index (χ0v) is 11.3. The topological polar surface area (TPSA) is 54.2 Å². The summed E-state index contributed by atoms with van der Waals surface area (Å²) in [5.41, 5.74) is 7.37. The van der Waals surface area contributed by atoms with E-state index in [1.54, 1.807) is 0 Å². The van der Waals surface area contributed by atoms with Crippen LogP contribution in [-0.2, 0) is 0 Å². The Labute approximate surface area is 104 Å². The molecule has 0 aromatic carbocycles. The minimum Gasteiger partial charge on any atom is -0.397 e. The Morgan fingerprint density at radius 1 is 1.35 bits per heavy atom. The number of aromatic nitrogens is 1. The monoisotopic (exact) mass is 236 g/mol. The van der Waals surface area contributed by atoms with Gasteiger partial charge in [0.05, 0.1) is 11.4 Å². The zero-order chi connectivity index (χ0) is 12.8. The van der Waals surface area contributed by atoms with Crippen molar-refractivity contribution in [2.24, 2.45) is 0 Å². The number of nitrogen functional groups attached to an aromatic ring is 1. The molecule has 1 heterocycles. The Hall–Kier alpha value is -1.29. The van der Waals surface area contributed by atoms with Crippen LogP contribution in [0.3, 0.4) is 0 Å². The highest BCUT2D eigenvalue weighted by Crippen LogP contribution is 2.12. The van der Waals surface area contributed by atoms with Gasteiger partial charge in [0.1, 0.15) is 5.82 Å². The quantitative estimate of drug-likeness (QED) is 0.794. The number of rotatable bonds is 6. The van der Waals surface area contributed by atoms with E-state index in [-0.39, 0.29) is 0 Å². The largest absolute Gasteiger partial charge is 0.397 e. The number of hydrogen-bond donors (Lipinski definition) is 2. The third-order valence-electron chi connectivity index (χ3n) is 2.95. The molecule has 0 aliphatic heterocycles. The molecule has 96 valence electrons. The third kappa shape index (κ3) is 4.23. The number of nitrogens with zero attached hydrogens (tertiary/aromatic N) is 2. The summed E-state index contributed by atoms with van der Waals surface area (Å²) >= 11 is 0. The summed E-state index contributed by atoms with van der Waals surface area (Å²) in [4.78, 5) is 6.81. The second-order valence-corrected chi connectivity index (χ2v) is 4.40. The van der Waals surface area contributed by atoms with Gasteiger partial charge in [-0.3, -0.25) is 0 Å². The van der Waals surface area contributed by atoms with E-state index in [0.717, 1.165) is 36.8 Å². The smallest absolute Gasteiger partial charge is 0.126 e. The highest BCUT2D eigenvalue weighted by Gasteiger charge is 2.07. The normalized spacial score (nSPS) is 12.8. The molecule has 1 rings (SSSR count). The first-order valence-corrected chi connectivity index (χ1v) is 6.28. The molecule has 17 heavy (non-hydrogen) atoms. The van der Waals surface area contributed by atoms with Gasteiger partial charge in [-0.05, 0) is 39.1 Å². The molecular formula is C13H24N4. The van der Waals surface area contributed by atoms with Crippen LogP contribution in [0, 0.1) is 6.92 Å². The van der Waals surface area contributed by atoms with Crippen LogP contribution in [0.25, 0.3) is 0 Å². The second kappa shape index (κ2) is 6.45. The molecule has 0 aliphatic carbocycles. The lowest BCUT2D eigenvalue weighted by atomic mass is 10.2. The van der Waals surface area contributed by atoms with Gasteiger partial charge in [0.25, 0.3) is 0 Å². The highest BCUT2D eigenvalue weighted by molar-refractivity contribution is 5.49. The summed E-state index contributed by atoms with van der Waals surface area (Å²) in [6.45, 7) is 11.6. The van der Waals surface area contributed by atoms with Gasteiger partial charge in [-0.15, -0.1) is 0 Å². The average Bonchev–Trinajstić information content (AvgIpc) is 2.31. The summed E-state index contributed by atoms with van der Waals surface area (Å²) in [5, 5.41) is 3.40. The molecule has 1 aromatic heterocycles. The molecule has 0 bridgehead atoms. The van der Waals surface area contributed by atoms with Crippen molar-refractivity contribution in [3.05, 3.63) is 17.8 Å². The molecule has 0 aliphatic rings. The number of aryl methyl sites for hydroxylation is 1. The molecule has 4 nitrogen and oxygen atoms in total. The van der Waals surface area contributed by atoms with Gasteiger partial charge in [-0.2, -0.15) is 0 Å². The molecule has 1 atom stereocenters. The average molecular weight is 236 g/mol. The SMILES string of the molecule is CCN(CC)CC(C)Nc1ccc(N)c(C)n1. The van der Waals surface area contributed by atoms with Crippen LogP contribution in [0.4, 0.5) is 11.5 Å². The van der Waals surface area contributed by atoms with E-state index in [0.29, 0.717) is 6.04 Å². The van der Waals surface area contributed by atoms with E-state index in [4.69, 9.17) is 5.73 Å². The standard InChI is InChI=1S/C13H24N4/c1-5-17(6-2)9-10(3)15-13-8-7-12(14)11(4)16-13/h7-8,10H,5-6,9,14H2,1-4H3,(H,15,16). The lowest BCUT2D eigenvalue weighted by molar-refractivity contribution is 0.294. The number of nitrogens with two attached hydrogens (primary N) is 1. The first-order chi connectivity index (χ1) is 8.06. The van der Waals surface area contributed by atoms with Crippen molar-refractivity contribution in [1.82, 2.24) is 9.88 Å². The van der Waals surface area contributed by atoms with E-state index in [1.807, 2.05) is 19.1 Å². The van der Waals surface area contributed by atoms with E-state index in [2.05, 4.69) is 36.0 Å². The fraction of sp³-hybridized carbons (Fsp3) is 0.615. The van der Waals surface area contributed by atoms with Crippen LogP contribution in [-0.4, -0.2) is 35.6 Å². The zero-order valence-electron chi connectivity index (χ0n) is 11.3. The lowest BCUT2D eigenvalue weighted by Crippen LogP contribution is -2.34. The first-order valence-electron chi connectivity index (χ1n) is 6.28. The Morgan fingerprint density at radius 3 is 2.53 bits per heavy atom. The fourth-order valence-electron chi connectivity index (χ4n) is 1.82. The van der Waals surface area contributed by atoms with Crippen LogP contribution in [0.2, 0.25) is 0 Å². The van der Waals surface area contributed by atoms with Crippen LogP contribution in [0.1, 0.15) is 26.5 Å². The number of pyridine rings is 1. The minimum absolute atomic E-state index is 0.380. The van der Waals surface area contributed by atoms with Crippen molar-refractivity contribution in [3.8, 4) is 0 Å². The molecular weight excluding hydrogens is 212 g/mol. The number of likely N-dealkylation sites (N-methyl/N-ethyl adjacent to an activating group) is 1.